The lowest BCUT2D eigenvalue weighted by Crippen LogP contribution is -2.41. The summed E-state index contributed by atoms with van der Waals surface area (Å²) < 4.78 is 21.0. The molecule has 1 amide bonds. The van der Waals surface area contributed by atoms with Gasteiger partial charge in [-0.25, -0.2) is 0 Å². The molecule has 7 nitrogen and oxygen atoms in total. The molecule has 0 saturated carbocycles. The Bertz CT molecular complexity index is 350. The van der Waals surface area contributed by atoms with Gasteiger partial charge < -0.3 is 23.8 Å². The van der Waals surface area contributed by atoms with Gasteiger partial charge in [0.05, 0.1) is 52.7 Å². The van der Waals surface area contributed by atoms with E-state index in [4.69, 9.17) is 18.9 Å². The first-order valence-electron chi connectivity index (χ1n) is 8.16. The molecule has 0 bridgehead atoms. The Labute approximate surface area is 138 Å². The van der Waals surface area contributed by atoms with Crippen LogP contribution in [0, 0.1) is 11.8 Å². The van der Waals surface area contributed by atoms with Crippen LogP contribution in [-0.4, -0.2) is 76.6 Å². The second-order valence-electron chi connectivity index (χ2n) is 5.72. The number of carbonyl (C=O) groups is 2. The van der Waals surface area contributed by atoms with Crippen molar-refractivity contribution in [2.45, 2.75) is 20.3 Å². The van der Waals surface area contributed by atoms with Crippen molar-refractivity contribution >= 4 is 11.9 Å². The largest absolute Gasteiger partial charge is 0.469 e. The monoisotopic (exact) mass is 331 g/mol. The van der Waals surface area contributed by atoms with Crippen LogP contribution in [0.5, 0.6) is 0 Å². The van der Waals surface area contributed by atoms with E-state index < -0.39 is 0 Å². The Kier molecular flexibility index (Phi) is 9.82. The summed E-state index contributed by atoms with van der Waals surface area (Å²) in [6, 6.07) is 0. The van der Waals surface area contributed by atoms with E-state index in [-0.39, 0.29) is 23.7 Å². The van der Waals surface area contributed by atoms with Gasteiger partial charge in [0.15, 0.2) is 0 Å². The summed E-state index contributed by atoms with van der Waals surface area (Å²) in [7, 11) is 1.36. The first-order valence-corrected chi connectivity index (χ1v) is 8.16. The molecule has 1 aliphatic heterocycles. The fraction of sp³-hybridized carbons (Fsp3) is 0.875. The van der Waals surface area contributed by atoms with Crippen LogP contribution in [0.15, 0.2) is 0 Å². The van der Waals surface area contributed by atoms with E-state index in [1.54, 1.807) is 11.8 Å². The van der Waals surface area contributed by atoms with Gasteiger partial charge in [0.1, 0.15) is 0 Å². The summed E-state index contributed by atoms with van der Waals surface area (Å²) in [6.07, 6.45) is 0.470. The highest BCUT2D eigenvalue weighted by Gasteiger charge is 2.25. The molecule has 0 aromatic carbocycles. The Morgan fingerprint density at radius 1 is 0.913 bits per heavy atom. The number of carbonyl (C=O) groups excluding carboxylic acids is 2. The molecule has 0 aliphatic carbocycles. The first-order chi connectivity index (χ1) is 11.1. The average Bonchev–Trinajstić information content (AvgIpc) is 2.53. The van der Waals surface area contributed by atoms with Gasteiger partial charge in [-0.05, 0) is 6.42 Å². The highest BCUT2D eigenvalue weighted by molar-refractivity contribution is 5.79. The number of hydrogen-bond donors (Lipinski definition) is 0. The lowest BCUT2D eigenvalue weighted by Gasteiger charge is -2.27. The highest BCUT2D eigenvalue weighted by atomic mass is 16.5. The number of amides is 1. The minimum atomic E-state index is -0.295. The SMILES string of the molecule is COC(=O)[C@@H](C)C[C@@H](C)C(=O)N1CCOCCOCCOCC1. The van der Waals surface area contributed by atoms with Crippen LogP contribution < -0.4 is 0 Å². The topological polar surface area (TPSA) is 74.3 Å². The quantitative estimate of drug-likeness (QED) is 0.707. The normalized spacial score (nSPS) is 20.7. The van der Waals surface area contributed by atoms with Crippen LogP contribution in [0.4, 0.5) is 0 Å². The van der Waals surface area contributed by atoms with E-state index in [2.05, 4.69) is 0 Å². The Hall–Kier alpha value is -1.18. The molecule has 0 aromatic heterocycles. The zero-order valence-corrected chi connectivity index (χ0v) is 14.4. The molecule has 0 spiro atoms. The summed E-state index contributed by atoms with van der Waals surface area (Å²) in [5, 5.41) is 0. The third-order valence-electron chi connectivity index (χ3n) is 3.80. The van der Waals surface area contributed by atoms with Crippen molar-refractivity contribution in [3.05, 3.63) is 0 Å². The fourth-order valence-electron chi connectivity index (χ4n) is 2.46. The molecule has 1 heterocycles. The molecule has 134 valence electrons. The second-order valence-corrected chi connectivity index (χ2v) is 5.72. The van der Waals surface area contributed by atoms with Gasteiger partial charge in [-0.1, -0.05) is 13.8 Å². The fourth-order valence-corrected chi connectivity index (χ4v) is 2.46. The van der Waals surface area contributed by atoms with Crippen molar-refractivity contribution in [3.63, 3.8) is 0 Å². The summed E-state index contributed by atoms with van der Waals surface area (Å²) >= 11 is 0. The maximum atomic E-state index is 12.6. The van der Waals surface area contributed by atoms with E-state index in [1.807, 2.05) is 6.92 Å². The van der Waals surface area contributed by atoms with Crippen LogP contribution in [0.1, 0.15) is 20.3 Å². The van der Waals surface area contributed by atoms with Crippen molar-refractivity contribution in [1.82, 2.24) is 4.90 Å². The minimum Gasteiger partial charge on any atom is -0.469 e. The highest BCUT2D eigenvalue weighted by Crippen LogP contribution is 2.16. The Morgan fingerprint density at radius 2 is 1.39 bits per heavy atom. The van der Waals surface area contributed by atoms with Gasteiger partial charge in [0, 0.05) is 19.0 Å². The maximum Gasteiger partial charge on any atom is 0.308 e. The molecule has 1 fully saturated rings. The molecule has 2 atom stereocenters. The third kappa shape index (κ3) is 7.76. The number of esters is 1. The molecule has 7 heteroatoms. The number of rotatable bonds is 4. The van der Waals surface area contributed by atoms with Gasteiger partial charge in [0.25, 0.3) is 0 Å². The molecule has 23 heavy (non-hydrogen) atoms. The van der Waals surface area contributed by atoms with Gasteiger partial charge in [-0.15, -0.1) is 0 Å². The summed E-state index contributed by atoms with van der Waals surface area (Å²) in [4.78, 5) is 25.8. The lowest BCUT2D eigenvalue weighted by atomic mass is 9.96. The van der Waals surface area contributed by atoms with Gasteiger partial charge in [0.2, 0.25) is 5.91 Å². The van der Waals surface area contributed by atoms with Crippen molar-refractivity contribution in [3.8, 4) is 0 Å². The van der Waals surface area contributed by atoms with E-state index in [1.165, 1.54) is 7.11 Å². The number of methoxy groups -OCH3 is 1. The third-order valence-corrected chi connectivity index (χ3v) is 3.80. The minimum absolute atomic E-state index is 0.0151. The molecule has 1 rings (SSSR count). The molecule has 1 saturated heterocycles. The molecule has 0 unspecified atom stereocenters. The maximum absolute atomic E-state index is 12.6. The molecule has 0 N–H and O–H groups in total. The zero-order valence-electron chi connectivity index (χ0n) is 14.4. The number of ether oxygens (including phenoxy) is 4. The van der Waals surface area contributed by atoms with E-state index in [0.29, 0.717) is 59.2 Å². The van der Waals surface area contributed by atoms with Crippen LogP contribution in [0.25, 0.3) is 0 Å². The standard InChI is InChI=1S/C16H29NO6/c1-13(12-14(2)16(19)20-3)15(18)17-4-6-21-8-10-23-11-9-22-7-5-17/h13-14H,4-12H2,1-3H3/t13-,14+/m1/s1. The number of nitrogens with zero attached hydrogens (tertiary/aromatic N) is 1. The number of hydrogen-bond acceptors (Lipinski definition) is 6. The summed E-state index contributed by atoms with van der Waals surface area (Å²) in [6.45, 7) is 7.66. The first kappa shape index (κ1) is 19.9. The van der Waals surface area contributed by atoms with E-state index in [0.717, 1.165) is 0 Å². The predicted octanol–water partition coefficient (Wildman–Crippen LogP) is 0.714. The van der Waals surface area contributed by atoms with Crippen LogP contribution >= 0.6 is 0 Å². The molecule has 1 aliphatic rings. The molecular weight excluding hydrogens is 302 g/mol. The van der Waals surface area contributed by atoms with Crippen LogP contribution in [-0.2, 0) is 28.5 Å². The summed E-state index contributed by atoms with van der Waals surface area (Å²) in [5.74, 6) is -0.817. The van der Waals surface area contributed by atoms with Crippen molar-refractivity contribution in [2.75, 3.05) is 59.8 Å². The van der Waals surface area contributed by atoms with E-state index in [9.17, 15) is 9.59 Å². The molecule has 0 radical (unpaired) electrons. The second kappa shape index (κ2) is 11.4. The summed E-state index contributed by atoms with van der Waals surface area (Å²) in [5.41, 5.74) is 0. The van der Waals surface area contributed by atoms with Crippen molar-refractivity contribution in [2.24, 2.45) is 11.8 Å². The average molecular weight is 331 g/mol. The molecular formula is C16H29NO6. The van der Waals surface area contributed by atoms with Crippen LogP contribution in [0.2, 0.25) is 0 Å². The van der Waals surface area contributed by atoms with Gasteiger partial charge in [-0.3, -0.25) is 9.59 Å². The zero-order chi connectivity index (χ0) is 17.1. The van der Waals surface area contributed by atoms with Gasteiger partial charge in [-0.2, -0.15) is 0 Å². The Morgan fingerprint density at radius 3 is 1.87 bits per heavy atom. The van der Waals surface area contributed by atoms with Gasteiger partial charge >= 0.3 is 5.97 Å². The van der Waals surface area contributed by atoms with Crippen LogP contribution in [0.3, 0.4) is 0 Å². The Balaban J connectivity index is 2.52. The molecule has 0 aromatic rings. The van der Waals surface area contributed by atoms with Crippen molar-refractivity contribution < 1.29 is 28.5 Å². The van der Waals surface area contributed by atoms with E-state index >= 15 is 0 Å². The smallest absolute Gasteiger partial charge is 0.308 e. The lowest BCUT2D eigenvalue weighted by molar-refractivity contribution is -0.146. The predicted molar refractivity (Wildman–Crippen MR) is 84.0 cm³/mol. The van der Waals surface area contributed by atoms with Crippen molar-refractivity contribution in [1.29, 1.82) is 0 Å².